The van der Waals surface area contributed by atoms with Crippen molar-refractivity contribution < 1.29 is 23.9 Å². The standard InChI is InChI=1S/C18H23NO5S/c1-2-23-18(22)15-12-8-3-4-9-13(12)25-16(15)19-14(20)10-24-17(21)11-6-5-7-11/h11H,2-10H2,1H3,(H,19,20). The van der Waals surface area contributed by atoms with Gasteiger partial charge in [0, 0.05) is 4.88 Å². The minimum atomic E-state index is -0.420. The number of fused-ring (bicyclic) bond motifs is 1. The molecule has 0 aromatic carbocycles. The lowest BCUT2D eigenvalue weighted by Crippen LogP contribution is -2.28. The second kappa shape index (κ2) is 7.99. The molecule has 1 aromatic rings. The Labute approximate surface area is 150 Å². The Kier molecular flexibility index (Phi) is 5.73. The Balaban J connectivity index is 1.68. The maximum Gasteiger partial charge on any atom is 0.341 e. The van der Waals surface area contributed by atoms with E-state index >= 15 is 0 Å². The Morgan fingerprint density at radius 3 is 2.56 bits per heavy atom. The van der Waals surface area contributed by atoms with E-state index in [0.29, 0.717) is 10.6 Å². The van der Waals surface area contributed by atoms with Crippen LogP contribution in [0.25, 0.3) is 0 Å². The van der Waals surface area contributed by atoms with Crippen LogP contribution in [0.5, 0.6) is 0 Å². The third-order valence-electron chi connectivity index (χ3n) is 4.69. The molecule has 6 nitrogen and oxygen atoms in total. The zero-order valence-corrected chi connectivity index (χ0v) is 15.2. The molecule has 0 atom stereocenters. The number of nitrogens with one attached hydrogen (secondary N) is 1. The Hall–Kier alpha value is -1.89. The summed E-state index contributed by atoms with van der Waals surface area (Å²) in [5.74, 6) is -1.19. The van der Waals surface area contributed by atoms with E-state index in [0.717, 1.165) is 55.4 Å². The highest BCUT2D eigenvalue weighted by Crippen LogP contribution is 2.38. The molecule has 1 N–H and O–H groups in total. The second-order valence-corrected chi connectivity index (χ2v) is 7.52. The fraction of sp³-hybridized carbons (Fsp3) is 0.611. The average Bonchev–Trinajstić information content (AvgIpc) is 2.89. The molecular weight excluding hydrogens is 342 g/mol. The van der Waals surface area contributed by atoms with Crippen LogP contribution in [-0.2, 0) is 31.9 Å². The van der Waals surface area contributed by atoms with Gasteiger partial charge in [-0.15, -0.1) is 11.3 Å². The summed E-state index contributed by atoms with van der Waals surface area (Å²) in [6.07, 6.45) is 6.57. The highest BCUT2D eigenvalue weighted by molar-refractivity contribution is 7.17. The number of hydrogen-bond acceptors (Lipinski definition) is 6. The van der Waals surface area contributed by atoms with Gasteiger partial charge in [-0.1, -0.05) is 6.42 Å². The van der Waals surface area contributed by atoms with Crippen LogP contribution < -0.4 is 5.32 Å². The van der Waals surface area contributed by atoms with Crippen molar-refractivity contribution in [1.82, 2.24) is 0 Å². The van der Waals surface area contributed by atoms with E-state index in [1.165, 1.54) is 11.3 Å². The van der Waals surface area contributed by atoms with E-state index in [-0.39, 0.29) is 25.1 Å². The lowest BCUT2D eigenvalue weighted by Gasteiger charge is -2.22. The van der Waals surface area contributed by atoms with Gasteiger partial charge in [0.1, 0.15) is 5.00 Å². The second-order valence-electron chi connectivity index (χ2n) is 6.42. The summed E-state index contributed by atoms with van der Waals surface area (Å²) in [6.45, 7) is 1.73. The molecule has 0 aliphatic heterocycles. The largest absolute Gasteiger partial charge is 0.462 e. The summed E-state index contributed by atoms with van der Waals surface area (Å²) in [5, 5.41) is 3.25. The van der Waals surface area contributed by atoms with E-state index in [1.807, 2.05) is 0 Å². The predicted octanol–water partition coefficient (Wildman–Crippen LogP) is 3.09. The van der Waals surface area contributed by atoms with E-state index in [4.69, 9.17) is 9.47 Å². The first-order valence-electron chi connectivity index (χ1n) is 8.88. The van der Waals surface area contributed by atoms with Crippen LogP contribution in [0.15, 0.2) is 0 Å². The summed E-state index contributed by atoms with van der Waals surface area (Å²) in [4.78, 5) is 37.4. The Morgan fingerprint density at radius 1 is 1.12 bits per heavy atom. The molecule has 0 unspecified atom stereocenters. The number of ether oxygens (including phenoxy) is 2. The molecule has 1 saturated carbocycles. The van der Waals surface area contributed by atoms with Crippen LogP contribution in [0.3, 0.4) is 0 Å². The molecule has 1 aromatic heterocycles. The molecule has 2 aliphatic rings. The summed E-state index contributed by atoms with van der Waals surface area (Å²) in [6, 6.07) is 0. The number of carbonyl (C=O) groups is 3. The van der Waals surface area contributed by atoms with E-state index < -0.39 is 11.9 Å². The van der Waals surface area contributed by atoms with Crippen molar-refractivity contribution in [3.63, 3.8) is 0 Å². The van der Waals surface area contributed by atoms with Gasteiger partial charge in [-0.2, -0.15) is 0 Å². The lowest BCUT2D eigenvalue weighted by molar-refractivity contribution is -0.154. The first kappa shape index (κ1) is 17.9. The fourth-order valence-corrected chi connectivity index (χ4v) is 4.43. The maximum absolute atomic E-state index is 12.3. The van der Waals surface area contributed by atoms with Gasteiger partial charge < -0.3 is 14.8 Å². The van der Waals surface area contributed by atoms with Crippen LogP contribution in [0.1, 0.15) is 59.8 Å². The zero-order valence-electron chi connectivity index (χ0n) is 14.4. The fourth-order valence-electron chi connectivity index (χ4n) is 3.13. The SMILES string of the molecule is CCOC(=O)c1c(NC(=O)COC(=O)C2CCC2)sc2c1CCCC2. The predicted molar refractivity (Wildman–Crippen MR) is 93.8 cm³/mol. The minimum Gasteiger partial charge on any atom is -0.462 e. The van der Waals surface area contributed by atoms with Gasteiger partial charge in [0.25, 0.3) is 5.91 Å². The minimum absolute atomic E-state index is 0.0584. The molecule has 136 valence electrons. The average molecular weight is 365 g/mol. The number of hydrogen-bond donors (Lipinski definition) is 1. The molecule has 1 heterocycles. The van der Waals surface area contributed by atoms with Crippen LogP contribution >= 0.6 is 11.3 Å². The van der Waals surface area contributed by atoms with Crippen molar-refractivity contribution in [2.45, 2.75) is 51.9 Å². The monoisotopic (exact) mass is 365 g/mol. The van der Waals surface area contributed by atoms with Crippen molar-refractivity contribution in [3.05, 3.63) is 16.0 Å². The van der Waals surface area contributed by atoms with Gasteiger partial charge in [0.15, 0.2) is 6.61 Å². The van der Waals surface area contributed by atoms with Crippen molar-refractivity contribution >= 4 is 34.2 Å². The molecular formula is C18H23NO5S. The van der Waals surface area contributed by atoms with Gasteiger partial charge in [-0.3, -0.25) is 9.59 Å². The van der Waals surface area contributed by atoms with Crippen molar-refractivity contribution in [1.29, 1.82) is 0 Å². The van der Waals surface area contributed by atoms with Gasteiger partial charge in [0.05, 0.1) is 18.1 Å². The van der Waals surface area contributed by atoms with Gasteiger partial charge >= 0.3 is 11.9 Å². The molecule has 0 bridgehead atoms. The third-order valence-corrected chi connectivity index (χ3v) is 5.90. The topological polar surface area (TPSA) is 81.7 Å². The molecule has 1 amide bonds. The van der Waals surface area contributed by atoms with E-state index in [2.05, 4.69) is 5.32 Å². The van der Waals surface area contributed by atoms with Crippen LogP contribution in [-0.4, -0.2) is 31.1 Å². The van der Waals surface area contributed by atoms with Crippen molar-refractivity contribution in [3.8, 4) is 0 Å². The normalized spacial score (nSPS) is 16.5. The number of rotatable bonds is 6. The summed E-state index contributed by atoms with van der Waals surface area (Å²) < 4.78 is 10.2. The van der Waals surface area contributed by atoms with Gasteiger partial charge in [-0.05, 0) is 51.0 Å². The Bertz CT molecular complexity index is 677. The number of anilines is 1. The maximum atomic E-state index is 12.3. The third kappa shape index (κ3) is 4.03. The lowest BCUT2D eigenvalue weighted by atomic mass is 9.86. The number of thiophene rings is 1. The molecule has 2 aliphatic carbocycles. The molecule has 0 radical (unpaired) electrons. The van der Waals surface area contributed by atoms with Crippen molar-refractivity contribution in [2.75, 3.05) is 18.5 Å². The quantitative estimate of drug-likeness (QED) is 0.784. The molecule has 1 fully saturated rings. The van der Waals surface area contributed by atoms with Crippen LogP contribution in [0.2, 0.25) is 0 Å². The van der Waals surface area contributed by atoms with Crippen LogP contribution in [0, 0.1) is 5.92 Å². The summed E-state index contributed by atoms with van der Waals surface area (Å²) >= 11 is 1.43. The number of carbonyl (C=O) groups excluding carboxylic acids is 3. The van der Waals surface area contributed by atoms with Crippen LogP contribution in [0.4, 0.5) is 5.00 Å². The summed E-state index contributed by atoms with van der Waals surface area (Å²) in [5.41, 5.74) is 1.47. The van der Waals surface area contributed by atoms with E-state index in [9.17, 15) is 14.4 Å². The molecule has 7 heteroatoms. The highest BCUT2D eigenvalue weighted by Gasteiger charge is 2.29. The summed E-state index contributed by atoms with van der Waals surface area (Å²) in [7, 11) is 0. The van der Waals surface area contributed by atoms with Gasteiger partial charge in [-0.25, -0.2) is 4.79 Å². The Morgan fingerprint density at radius 2 is 1.88 bits per heavy atom. The number of amides is 1. The molecule has 0 spiro atoms. The smallest absolute Gasteiger partial charge is 0.341 e. The molecule has 0 saturated heterocycles. The molecule has 25 heavy (non-hydrogen) atoms. The van der Waals surface area contributed by atoms with Gasteiger partial charge in [0.2, 0.25) is 0 Å². The zero-order chi connectivity index (χ0) is 17.8. The van der Waals surface area contributed by atoms with E-state index in [1.54, 1.807) is 6.92 Å². The number of aryl methyl sites for hydroxylation is 1. The highest BCUT2D eigenvalue weighted by atomic mass is 32.1. The first-order valence-corrected chi connectivity index (χ1v) is 9.70. The first-order chi connectivity index (χ1) is 12.1. The van der Waals surface area contributed by atoms with Crippen molar-refractivity contribution in [2.24, 2.45) is 5.92 Å². The molecule has 3 rings (SSSR count). The number of esters is 2.